The number of hydrogen-bond acceptors (Lipinski definition) is 4. The maximum Gasteiger partial charge on any atom is 0.418 e. The number of benzene rings is 1. The van der Waals surface area contributed by atoms with E-state index in [4.69, 9.17) is 0 Å². The van der Waals surface area contributed by atoms with Crippen molar-refractivity contribution in [2.24, 2.45) is 0 Å². The second kappa shape index (κ2) is 8.39. The number of rotatable bonds is 4. The van der Waals surface area contributed by atoms with Crippen LogP contribution in [0.25, 0.3) is 10.9 Å². The van der Waals surface area contributed by atoms with Crippen molar-refractivity contribution in [2.75, 3.05) is 5.32 Å². The van der Waals surface area contributed by atoms with Crippen molar-refractivity contribution in [3.63, 3.8) is 0 Å². The first kappa shape index (κ1) is 20.3. The Kier molecular flexibility index (Phi) is 5.48. The predicted molar refractivity (Wildman–Crippen MR) is 109 cm³/mol. The Balaban J connectivity index is 1.76. The van der Waals surface area contributed by atoms with Crippen molar-refractivity contribution in [3.8, 4) is 0 Å². The van der Waals surface area contributed by atoms with Gasteiger partial charge < -0.3 is 10.6 Å². The predicted octanol–water partition coefficient (Wildman–Crippen LogP) is 4.95. The number of alkyl halides is 3. The minimum Gasteiger partial charge on any atom is -0.325 e. The molecule has 1 aromatic carbocycles. The van der Waals surface area contributed by atoms with Gasteiger partial charge in [0, 0.05) is 24.0 Å². The van der Waals surface area contributed by atoms with Gasteiger partial charge in [0.15, 0.2) is 0 Å². The number of amides is 2. The van der Waals surface area contributed by atoms with Crippen LogP contribution in [-0.4, -0.2) is 21.0 Å². The van der Waals surface area contributed by atoms with Crippen LogP contribution in [0.1, 0.15) is 22.9 Å². The standard InChI is InChI=1S/C22H16F3N5O/c23-22(24,25)17-6-3-11-28-20(17)19(30-21(31)29-16-5-2-9-26-13-16)15-7-8-18-14(12-15)4-1-10-27-18/h1-13,19H,(H2,29,30,31). The van der Waals surface area contributed by atoms with Gasteiger partial charge in [-0.2, -0.15) is 13.2 Å². The van der Waals surface area contributed by atoms with Gasteiger partial charge >= 0.3 is 12.2 Å². The Hall–Kier alpha value is -4.01. The molecular weight excluding hydrogens is 407 g/mol. The molecule has 0 radical (unpaired) electrons. The number of anilines is 1. The zero-order valence-corrected chi connectivity index (χ0v) is 16.0. The summed E-state index contributed by atoms with van der Waals surface area (Å²) in [5, 5.41) is 5.91. The number of carbonyl (C=O) groups excluding carboxylic acids is 1. The van der Waals surface area contributed by atoms with Gasteiger partial charge in [0.05, 0.1) is 34.7 Å². The highest BCUT2D eigenvalue weighted by Crippen LogP contribution is 2.36. The van der Waals surface area contributed by atoms with Crippen LogP contribution in [0.3, 0.4) is 0 Å². The number of urea groups is 1. The summed E-state index contributed by atoms with van der Waals surface area (Å²) >= 11 is 0. The molecule has 2 N–H and O–H groups in total. The van der Waals surface area contributed by atoms with E-state index in [2.05, 4.69) is 25.6 Å². The molecule has 3 heterocycles. The molecule has 156 valence electrons. The van der Waals surface area contributed by atoms with Gasteiger partial charge in [-0.25, -0.2) is 4.79 Å². The number of hydrogen-bond donors (Lipinski definition) is 2. The molecule has 9 heteroatoms. The smallest absolute Gasteiger partial charge is 0.325 e. The number of aromatic nitrogens is 3. The van der Waals surface area contributed by atoms with Crippen LogP contribution < -0.4 is 10.6 Å². The van der Waals surface area contributed by atoms with E-state index in [1.165, 1.54) is 18.5 Å². The van der Waals surface area contributed by atoms with Gasteiger partial charge in [-0.1, -0.05) is 12.1 Å². The Morgan fingerprint density at radius 1 is 0.935 bits per heavy atom. The largest absolute Gasteiger partial charge is 0.418 e. The molecule has 0 saturated heterocycles. The Morgan fingerprint density at radius 3 is 2.48 bits per heavy atom. The molecule has 3 aromatic heterocycles. The SMILES string of the molecule is O=C(Nc1cccnc1)NC(c1ccc2ncccc2c1)c1ncccc1C(F)(F)F. The average Bonchev–Trinajstić information content (AvgIpc) is 2.77. The molecule has 1 atom stereocenters. The number of fused-ring (bicyclic) bond motifs is 1. The van der Waals surface area contributed by atoms with Crippen LogP contribution >= 0.6 is 0 Å². The highest BCUT2D eigenvalue weighted by Gasteiger charge is 2.37. The highest BCUT2D eigenvalue weighted by molar-refractivity contribution is 5.89. The minimum atomic E-state index is -4.64. The van der Waals surface area contributed by atoms with E-state index in [-0.39, 0.29) is 5.69 Å². The molecule has 1 unspecified atom stereocenters. The highest BCUT2D eigenvalue weighted by atomic mass is 19.4. The lowest BCUT2D eigenvalue weighted by Gasteiger charge is -2.23. The van der Waals surface area contributed by atoms with Crippen LogP contribution in [0.4, 0.5) is 23.7 Å². The second-order valence-electron chi connectivity index (χ2n) is 6.66. The molecular formula is C22H16F3N5O. The fourth-order valence-corrected chi connectivity index (χ4v) is 3.21. The summed E-state index contributed by atoms with van der Waals surface area (Å²) in [7, 11) is 0. The number of halogens is 3. The van der Waals surface area contributed by atoms with Crippen LogP contribution in [0.15, 0.2) is 79.4 Å². The lowest BCUT2D eigenvalue weighted by molar-refractivity contribution is -0.138. The van der Waals surface area contributed by atoms with Gasteiger partial charge in [0.25, 0.3) is 0 Å². The summed E-state index contributed by atoms with van der Waals surface area (Å²) in [5.41, 5.74) is 0.291. The van der Waals surface area contributed by atoms with Crippen LogP contribution in [-0.2, 0) is 6.18 Å². The van der Waals surface area contributed by atoms with E-state index < -0.39 is 23.8 Å². The third kappa shape index (κ3) is 4.61. The molecule has 6 nitrogen and oxygen atoms in total. The van der Waals surface area contributed by atoms with Crippen molar-refractivity contribution in [3.05, 3.63) is 96.2 Å². The van der Waals surface area contributed by atoms with E-state index in [0.717, 1.165) is 11.5 Å². The van der Waals surface area contributed by atoms with Crippen LogP contribution in [0, 0.1) is 0 Å². The summed E-state index contributed by atoms with van der Waals surface area (Å²) in [5.74, 6) is 0. The Bertz CT molecular complexity index is 1210. The van der Waals surface area contributed by atoms with Gasteiger partial charge in [-0.05, 0) is 48.0 Å². The third-order valence-corrected chi connectivity index (χ3v) is 4.57. The molecule has 0 aliphatic rings. The molecule has 31 heavy (non-hydrogen) atoms. The maximum absolute atomic E-state index is 13.7. The minimum absolute atomic E-state index is 0.306. The van der Waals surface area contributed by atoms with E-state index in [1.807, 2.05) is 0 Å². The average molecular weight is 423 g/mol. The van der Waals surface area contributed by atoms with Gasteiger partial charge in [0.2, 0.25) is 0 Å². The quantitative estimate of drug-likeness (QED) is 0.487. The van der Waals surface area contributed by atoms with E-state index in [0.29, 0.717) is 16.8 Å². The number of pyridine rings is 3. The summed E-state index contributed by atoms with van der Waals surface area (Å²) < 4.78 is 41.0. The van der Waals surface area contributed by atoms with Crippen molar-refractivity contribution in [1.82, 2.24) is 20.3 Å². The lowest BCUT2D eigenvalue weighted by Crippen LogP contribution is -2.35. The number of nitrogens with one attached hydrogen (secondary N) is 2. The first-order valence-corrected chi connectivity index (χ1v) is 9.26. The van der Waals surface area contributed by atoms with Crippen molar-refractivity contribution < 1.29 is 18.0 Å². The zero-order chi connectivity index (χ0) is 21.8. The van der Waals surface area contributed by atoms with Crippen molar-refractivity contribution >= 4 is 22.6 Å². The Morgan fingerprint density at radius 2 is 1.71 bits per heavy atom. The first-order chi connectivity index (χ1) is 14.9. The topological polar surface area (TPSA) is 79.8 Å². The lowest BCUT2D eigenvalue weighted by atomic mass is 9.97. The first-order valence-electron chi connectivity index (χ1n) is 9.26. The van der Waals surface area contributed by atoms with Gasteiger partial charge in [-0.3, -0.25) is 15.0 Å². The molecule has 2 amide bonds. The van der Waals surface area contributed by atoms with E-state index in [9.17, 15) is 18.0 Å². The second-order valence-corrected chi connectivity index (χ2v) is 6.66. The normalized spacial score (nSPS) is 12.4. The van der Waals surface area contributed by atoms with Crippen molar-refractivity contribution in [2.45, 2.75) is 12.2 Å². The summed E-state index contributed by atoms with van der Waals surface area (Å²) in [6.07, 6.45) is 1.22. The number of carbonyl (C=O) groups is 1. The number of nitrogens with zero attached hydrogens (tertiary/aromatic N) is 3. The molecule has 4 rings (SSSR count). The maximum atomic E-state index is 13.7. The van der Waals surface area contributed by atoms with Crippen LogP contribution in [0.2, 0.25) is 0 Å². The molecule has 0 bridgehead atoms. The third-order valence-electron chi connectivity index (χ3n) is 4.57. The van der Waals surface area contributed by atoms with E-state index >= 15 is 0 Å². The molecule has 4 aromatic rings. The van der Waals surface area contributed by atoms with Gasteiger partial charge in [0.1, 0.15) is 0 Å². The Labute approximate surface area is 175 Å². The molecule has 0 aliphatic carbocycles. The fourth-order valence-electron chi connectivity index (χ4n) is 3.21. The zero-order valence-electron chi connectivity index (χ0n) is 16.0. The van der Waals surface area contributed by atoms with Gasteiger partial charge in [-0.15, -0.1) is 0 Å². The summed E-state index contributed by atoms with van der Waals surface area (Å²) in [6, 6.07) is 12.1. The molecule has 0 fully saturated rings. The summed E-state index contributed by atoms with van der Waals surface area (Å²) in [6.45, 7) is 0. The monoisotopic (exact) mass is 423 g/mol. The fraction of sp³-hybridized carbons (Fsp3) is 0.0909. The van der Waals surface area contributed by atoms with E-state index in [1.54, 1.807) is 54.9 Å². The molecule has 0 aliphatic heterocycles. The molecule has 0 spiro atoms. The molecule has 0 saturated carbocycles. The van der Waals surface area contributed by atoms with Crippen molar-refractivity contribution in [1.29, 1.82) is 0 Å². The summed E-state index contributed by atoms with van der Waals surface area (Å²) in [4.78, 5) is 24.7. The van der Waals surface area contributed by atoms with Crippen LogP contribution in [0.5, 0.6) is 0 Å².